The van der Waals surface area contributed by atoms with Crippen LogP contribution < -0.4 is 0 Å². The van der Waals surface area contributed by atoms with Crippen LogP contribution in [0.2, 0.25) is 0 Å². The van der Waals surface area contributed by atoms with E-state index in [9.17, 15) is 8.78 Å². The van der Waals surface area contributed by atoms with Crippen molar-refractivity contribution in [2.45, 2.75) is 16.2 Å². The van der Waals surface area contributed by atoms with Gasteiger partial charge in [0.15, 0.2) is 0 Å². The van der Waals surface area contributed by atoms with Crippen LogP contribution in [-0.4, -0.2) is 17.5 Å². The number of aliphatic hydroxyl groups is 1. The lowest BCUT2D eigenvalue weighted by Gasteiger charge is -1.98. The summed E-state index contributed by atoms with van der Waals surface area (Å²) in [5, 5.41) is 8.52. The number of rotatable bonds is 4. The van der Waals surface area contributed by atoms with Crippen molar-refractivity contribution in [2.75, 3.05) is 12.4 Å². The second-order valence-corrected chi connectivity index (χ2v) is 5.54. The third-order valence-electron chi connectivity index (χ3n) is 2.21. The molecule has 0 amide bonds. The maximum absolute atomic E-state index is 12.4. The third-order valence-corrected chi connectivity index (χ3v) is 3.61. The second-order valence-electron chi connectivity index (χ2n) is 3.86. The highest BCUT2D eigenvalue weighted by Gasteiger charge is 1.93. The summed E-state index contributed by atoms with van der Waals surface area (Å²) in [4.78, 5) is 1.83. The molecule has 0 bridgehead atoms. The number of halogens is 2. The first-order valence-electron chi connectivity index (χ1n) is 6.05. The Kier molecular flexibility index (Phi) is 8.34. The van der Waals surface area contributed by atoms with Gasteiger partial charge in [-0.2, -0.15) is 0 Å². The zero-order chi connectivity index (χ0) is 14.8. The van der Waals surface area contributed by atoms with Crippen molar-refractivity contribution in [3.63, 3.8) is 0 Å². The van der Waals surface area contributed by atoms with Crippen LogP contribution in [0.25, 0.3) is 0 Å². The lowest BCUT2D eigenvalue weighted by molar-refractivity contribution is 0.296. The van der Waals surface area contributed by atoms with Gasteiger partial charge in [0.05, 0.1) is 0 Å². The summed E-state index contributed by atoms with van der Waals surface area (Å²) < 4.78 is 24.5. The van der Waals surface area contributed by atoms with Crippen molar-refractivity contribution in [3.05, 3.63) is 60.2 Å². The monoisotopic (exact) mass is 314 g/mol. The van der Waals surface area contributed by atoms with E-state index in [4.69, 9.17) is 5.11 Å². The summed E-state index contributed by atoms with van der Waals surface area (Å²) >= 11 is 5.59. The molecule has 0 spiro atoms. The Morgan fingerprint density at radius 3 is 1.85 bits per heavy atom. The zero-order valence-corrected chi connectivity index (χ0v) is 12.5. The van der Waals surface area contributed by atoms with Gasteiger partial charge in [-0.3, -0.25) is 0 Å². The van der Waals surface area contributed by atoms with Crippen LogP contribution in [0.4, 0.5) is 8.78 Å². The van der Waals surface area contributed by atoms with Crippen molar-refractivity contribution in [2.24, 2.45) is 0 Å². The van der Waals surface area contributed by atoms with E-state index in [1.807, 2.05) is 0 Å². The molecule has 0 radical (unpaired) electrons. The highest BCUT2D eigenvalue weighted by atomic mass is 32.2. The Balaban J connectivity index is 0.000000217. The molecular weight excluding hydrogens is 298 g/mol. The molecule has 2 rings (SSSR count). The summed E-state index contributed by atoms with van der Waals surface area (Å²) in [7, 11) is 0. The van der Waals surface area contributed by atoms with Crippen molar-refractivity contribution in [3.8, 4) is 0 Å². The molecule has 2 aromatic rings. The lowest BCUT2D eigenvalue weighted by atomic mass is 10.4. The van der Waals surface area contributed by atoms with Gasteiger partial charge in [0.25, 0.3) is 0 Å². The molecule has 0 atom stereocenters. The van der Waals surface area contributed by atoms with Crippen LogP contribution in [0.5, 0.6) is 0 Å². The lowest BCUT2D eigenvalue weighted by Crippen LogP contribution is -1.85. The number of benzene rings is 2. The van der Waals surface area contributed by atoms with E-state index in [1.54, 1.807) is 36.0 Å². The van der Waals surface area contributed by atoms with E-state index in [0.29, 0.717) is 0 Å². The Morgan fingerprint density at radius 1 is 0.900 bits per heavy atom. The normalized spacial score (nSPS) is 9.80. The fourth-order valence-electron chi connectivity index (χ4n) is 1.23. The SMILES string of the molecule is Fc1ccc(S)cc1.OCCCSc1ccc(F)cc1. The van der Waals surface area contributed by atoms with Gasteiger partial charge in [-0.1, -0.05) is 0 Å². The van der Waals surface area contributed by atoms with Gasteiger partial charge in [0.2, 0.25) is 0 Å². The van der Waals surface area contributed by atoms with E-state index in [2.05, 4.69) is 12.6 Å². The molecule has 1 N–H and O–H groups in total. The first-order valence-corrected chi connectivity index (χ1v) is 7.49. The highest BCUT2D eigenvalue weighted by Crippen LogP contribution is 2.18. The molecule has 0 aliphatic rings. The molecule has 20 heavy (non-hydrogen) atoms. The van der Waals surface area contributed by atoms with E-state index in [0.717, 1.165) is 22.0 Å². The molecule has 0 aromatic heterocycles. The number of hydrogen-bond acceptors (Lipinski definition) is 3. The molecule has 0 unspecified atom stereocenters. The minimum atomic E-state index is -0.220. The molecule has 0 saturated heterocycles. The standard InChI is InChI=1S/C9H11FOS.C6H5FS/c10-8-2-4-9(5-3-8)12-7-1-6-11;7-5-1-3-6(8)4-2-5/h2-5,11H,1,6-7H2;1-4,8H. The molecular formula is C15H16F2OS2. The minimum absolute atomic E-state index is 0.207. The average molecular weight is 314 g/mol. The first kappa shape index (κ1) is 17.0. The fourth-order valence-corrected chi connectivity index (χ4v) is 2.21. The Bertz CT molecular complexity index is 465. The summed E-state index contributed by atoms with van der Waals surface area (Å²) in [6, 6.07) is 12.4. The van der Waals surface area contributed by atoms with Crippen LogP contribution in [0.15, 0.2) is 58.3 Å². The fraction of sp³-hybridized carbons (Fsp3) is 0.200. The maximum atomic E-state index is 12.4. The highest BCUT2D eigenvalue weighted by molar-refractivity contribution is 7.99. The molecule has 108 valence electrons. The number of thioether (sulfide) groups is 1. The predicted molar refractivity (Wildman–Crippen MR) is 82.5 cm³/mol. The zero-order valence-electron chi connectivity index (χ0n) is 10.8. The molecule has 5 heteroatoms. The summed E-state index contributed by atoms with van der Waals surface area (Å²) in [5.74, 6) is 0.451. The van der Waals surface area contributed by atoms with E-state index >= 15 is 0 Å². The molecule has 0 saturated carbocycles. The Labute approximate surface area is 127 Å². The predicted octanol–water partition coefficient (Wildman–Crippen LogP) is 4.41. The Hall–Kier alpha value is -1.04. The second kappa shape index (κ2) is 9.80. The molecule has 0 fully saturated rings. The van der Waals surface area contributed by atoms with E-state index in [-0.39, 0.29) is 18.2 Å². The van der Waals surface area contributed by atoms with Crippen LogP contribution in [0, 0.1) is 11.6 Å². The first-order chi connectivity index (χ1) is 9.61. The van der Waals surface area contributed by atoms with Crippen molar-refractivity contribution < 1.29 is 13.9 Å². The largest absolute Gasteiger partial charge is 0.396 e. The number of aliphatic hydroxyl groups excluding tert-OH is 1. The average Bonchev–Trinajstić information content (AvgIpc) is 2.45. The summed E-state index contributed by atoms with van der Waals surface area (Å²) in [6.07, 6.45) is 0.780. The van der Waals surface area contributed by atoms with Gasteiger partial charge in [-0.05, 0) is 55.0 Å². The number of thiol groups is 1. The molecule has 0 aliphatic carbocycles. The Morgan fingerprint density at radius 2 is 1.40 bits per heavy atom. The van der Waals surface area contributed by atoms with E-state index < -0.39 is 0 Å². The summed E-state index contributed by atoms with van der Waals surface area (Å²) in [5.41, 5.74) is 0. The maximum Gasteiger partial charge on any atom is 0.123 e. The number of hydrogen-bond donors (Lipinski definition) is 2. The summed E-state index contributed by atoms with van der Waals surface area (Å²) in [6.45, 7) is 0.216. The van der Waals surface area contributed by atoms with Crippen LogP contribution >= 0.6 is 24.4 Å². The van der Waals surface area contributed by atoms with Crippen LogP contribution in [0.1, 0.15) is 6.42 Å². The van der Waals surface area contributed by atoms with E-state index in [1.165, 1.54) is 24.3 Å². The van der Waals surface area contributed by atoms with Crippen molar-refractivity contribution in [1.29, 1.82) is 0 Å². The van der Waals surface area contributed by atoms with Gasteiger partial charge in [0, 0.05) is 22.2 Å². The minimum Gasteiger partial charge on any atom is -0.396 e. The smallest absolute Gasteiger partial charge is 0.123 e. The molecule has 1 nitrogen and oxygen atoms in total. The molecule has 0 heterocycles. The topological polar surface area (TPSA) is 20.2 Å². The van der Waals surface area contributed by atoms with Gasteiger partial charge in [-0.15, -0.1) is 24.4 Å². The quantitative estimate of drug-likeness (QED) is 0.495. The van der Waals surface area contributed by atoms with Gasteiger partial charge >= 0.3 is 0 Å². The van der Waals surface area contributed by atoms with Gasteiger partial charge in [0.1, 0.15) is 11.6 Å². The van der Waals surface area contributed by atoms with Crippen molar-refractivity contribution >= 4 is 24.4 Å². The van der Waals surface area contributed by atoms with Crippen LogP contribution in [0.3, 0.4) is 0 Å². The van der Waals surface area contributed by atoms with Gasteiger partial charge in [-0.25, -0.2) is 8.78 Å². The van der Waals surface area contributed by atoms with Crippen LogP contribution in [-0.2, 0) is 0 Å². The third kappa shape index (κ3) is 7.53. The molecule has 2 aromatic carbocycles. The van der Waals surface area contributed by atoms with Gasteiger partial charge < -0.3 is 5.11 Å². The van der Waals surface area contributed by atoms with Crippen molar-refractivity contribution in [1.82, 2.24) is 0 Å². The molecule has 0 aliphatic heterocycles.